The van der Waals surface area contributed by atoms with Crippen LogP contribution in [0.5, 0.6) is 0 Å². The van der Waals surface area contributed by atoms with Gasteiger partial charge in [-0.15, -0.1) is 0 Å². The quantitative estimate of drug-likeness (QED) is 0.663. The molecule has 1 rings (SSSR count). The molecule has 0 atom stereocenters. The molecule has 62 valence electrons. The molecule has 1 heterocycles. The number of hydrogen-bond donors (Lipinski definition) is 0. The predicted molar refractivity (Wildman–Crippen MR) is 49.9 cm³/mol. The summed E-state index contributed by atoms with van der Waals surface area (Å²) in [5.41, 5.74) is 1.83. The summed E-state index contributed by atoms with van der Waals surface area (Å²) in [6.07, 6.45) is 4.38. The van der Waals surface area contributed by atoms with Crippen LogP contribution in [0.1, 0.15) is 32.8 Å². The SMILES string of the molecule is CC(C)(C)CCc1cnsc1. The summed E-state index contributed by atoms with van der Waals surface area (Å²) in [5.74, 6) is 0. The predicted octanol–water partition coefficient (Wildman–Crippen LogP) is 3.12. The first-order valence-corrected chi connectivity index (χ1v) is 4.80. The Morgan fingerprint density at radius 1 is 1.45 bits per heavy atom. The van der Waals surface area contributed by atoms with Gasteiger partial charge in [0, 0.05) is 11.6 Å². The number of nitrogens with zero attached hydrogens (tertiary/aromatic N) is 1. The standard InChI is InChI=1S/C9H15NS/c1-9(2,3)5-4-8-6-10-11-7-8/h6-7H,4-5H2,1-3H3. The first kappa shape index (κ1) is 8.72. The lowest BCUT2D eigenvalue weighted by Gasteiger charge is -2.16. The lowest BCUT2D eigenvalue weighted by molar-refractivity contribution is 0.378. The summed E-state index contributed by atoms with van der Waals surface area (Å²) in [7, 11) is 0. The van der Waals surface area contributed by atoms with E-state index in [1.54, 1.807) is 11.5 Å². The molecule has 0 saturated carbocycles. The second kappa shape index (κ2) is 3.35. The van der Waals surface area contributed by atoms with Gasteiger partial charge in [0.2, 0.25) is 0 Å². The molecule has 0 bridgehead atoms. The van der Waals surface area contributed by atoms with Crippen molar-refractivity contribution in [3.63, 3.8) is 0 Å². The van der Waals surface area contributed by atoms with Crippen molar-refractivity contribution >= 4 is 11.5 Å². The number of aromatic nitrogens is 1. The Morgan fingerprint density at radius 2 is 2.18 bits per heavy atom. The van der Waals surface area contributed by atoms with Gasteiger partial charge in [0.05, 0.1) is 0 Å². The Labute approximate surface area is 72.6 Å². The number of hydrogen-bond acceptors (Lipinski definition) is 2. The highest BCUT2D eigenvalue weighted by atomic mass is 32.1. The van der Waals surface area contributed by atoms with E-state index in [9.17, 15) is 0 Å². The van der Waals surface area contributed by atoms with Gasteiger partial charge in [0.15, 0.2) is 0 Å². The summed E-state index contributed by atoms with van der Waals surface area (Å²) >= 11 is 1.54. The van der Waals surface area contributed by atoms with Crippen LogP contribution in [-0.4, -0.2) is 4.37 Å². The van der Waals surface area contributed by atoms with Crippen molar-refractivity contribution in [2.45, 2.75) is 33.6 Å². The van der Waals surface area contributed by atoms with Crippen molar-refractivity contribution in [2.75, 3.05) is 0 Å². The average Bonchev–Trinajstić information content (AvgIpc) is 2.32. The molecule has 0 amide bonds. The van der Waals surface area contributed by atoms with E-state index < -0.39 is 0 Å². The third kappa shape index (κ3) is 3.51. The highest BCUT2D eigenvalue weighted by Crippen LogP contribution is 2.21. The average molecular weight is 169 g/mol. The van der Waals surface area contributed by atoms with E-state index in [-0.39, 0.29) is 0 Å². The minimum absolute atomic E-state index is 0.446. The van der Waals surface area contributed by atoms with Crippen LogP contribution >= 0.6 is 11.5 Å². The van der Waals surface area contributed by atoms with Crippen molar-refractivity contribution in [1.29, 1.82) is 0 Å². The maximum absolute atomic E-state index is 4.06. The Kier molecular flexibility index (Phi) is 2.66. The fourth-order valence-corrected chi connectivity index (χ4v) is 1.44. The Morgan fingerprint density at radius 3 is 2.64 bits per heavy atom. The lowest BCUT2D eigenvalue weighted by atomic mass is 9.89. The fraction of sp³-hybridized carbons (Fsp3) is 0.667. The van der Waals surface area contributed by atoms with Crippen LogP contribution in [-0.2, 0) is 6.42 Å². The maximum Gasteiger partial charge on any atom is 0.0438 e. The van der Waals surface area contributed by atoms with Crippen LogP contribution in [0.15, 0.2) is 11.6 Å². The number of rotatable bonds is 2. The van der Waals surface area contributed by atoms with Crippen molar-refractivity contribution < 1.29 is 0 Å². The molecule has 0 aliphatic carbocycles. The van der Waals surface area contributed by atoms with Gasteiger partial charge >= 0.3 is 0 Å². The zero-order valence-electron chi connectivity index (χ0n) is 7.42. The molecule has 2 heteroatoms. The van der Waals surface area contributed by atoms with Gasteiger partial charge in [-0.1, -0.05) is 20.8 Å². The summed E-state index contributed by atoms with van der Waals surface area (Å²) in [4.78, 5) is 0. The van der Waals surface area contributed by atoms with E-state index >= 15 is 0 Å². The summed E-state index contributed by atoms with van der Waals surface area (Å²) in [6, 6.07) is 0. The molecular formula is C9H15NS. The zero-order valence-corrected chi connectivity index (χ0v) is 8.24. The van der Waals surface area contributed by atoms with Crippen LogP contribution in [0.2, 0.25) is 0 Å². The fourth-order valence-electron chi connectivity index (χ4n) is 0.869. The molecule has 0 aliphatic heterocycles. The molecule has 0 saturated heterocycles. The second-order valence-corrected chi connectivity index (χ2v) is 4.75. The van der Waals surface area contributed by atoms with E-state index in [0.717, 1.165) is 0 Å². The van der Waals surface area contributed by atoms with E-state index in [2.05, 4.69) is 30.5 Å². The van der Waals surface area contributed by atoms with Gasteiger partial charge in [-0.2, -0.15) is 0 Å². The smallest absolute Gasteiger partial charge is 0.0438 e. The van der Waals surface area contributed by atoms with E-state index in [4.69, 9.17) is 0 Å². The van der Waals surface area contributed by atoms with Gasteiger partial charge in [-0.05, 0) is 35.4 Å². The van der Waals surface area contributed by atoms with Crippen molar-refractivity contribution in [2.24, 2.45) is 5.41 Å². The highest BCUT2D eigenvalue weighted by molar-refractivity contribution is 7.03. The molecule has 0 N–H and O–H groups in total. The molecule has 0 unspecified atom stereocenters. The third-order valence-corrected chi connectivity index (χ3v) is 2.28. The third-order valence-electron chi connectivity index (χ3n) is 1.65. The van der Waals surface area contributed by atoms with Crippen molar-refractivity contribution in [3.05, 3.63) is 17.1 Å². The highest BCUT2D eigenvalue weighted by Gasteiger charge is 2.09. The summed E-state index contributed by atoms with van der Waals surface area (Å²) in [5, 5.41) is 2.13. The lowest BCUT2D eigenvalue weighted by Crippen LogP contribution is -2.05. The summed E-state index contributed by atoms with van der Waals surface area (Å²) in [6.45, 7) is 6.81. The Balaban J connectivity index is 2.35. The molecule has 11 heavy (non-hydrogen) atoms. The minimum atomic E-state index is 0.446. The molecule has 0 aromatic carbocycles. The molecule has 1 aromatic rings. The van der Waals surface area contributed by atoms with Gasteiger partial charge < -0.3 is 0 Å². The molecule has 1 aromatic heterocycles. The minimum Gasteiger partial charge on any atom is -0.201 e. The van der Waals surface area contributed by atoms with Gasteiger partial charge in [-0.25, -0.2) is 4.37 Å². The molecular weight excluding hydrogens is 154 g/mol. The van der Waals surface area contributed by atoms with Crippen LogP contribution in [0.25, 0.3) is 0 Å². The van der Waals surface area contributed by atoms with Gasteiger partial charge in [-0.3, -0.25) is 0 Å². The molecule has 0 spiro atoms. The van der Waals surface area contributed by atoms with Crippen molar-refractivity contribution in [3.8, 4) is 0 Å². The number of aryl methyl sites for hydroxylation is 1. The monoisotopic (exact) mass is 169 g/mol. The van der Waals surface area contributed by atoms with Crippen LogP contribution in [0.4, 0.5) is 0 Å². The molecule has 0 fully saturated rings. The molecule has 1 nitrogen and oxygen atoms in total. The zero-order chi connectivity index (χ0) is 8.32. The first-order chi connectivity index (χ1) is 5.08. The second-order valence-electron chi connectivity index (χ2n) is 4.09. The summed E-state index contributed by atoms with van der Waals surface area (Å²) < 4.78 is 4.06. The van der Waals surface area contributed by atoms with Crippen molar-refractivity contribution in [1.82, 2.24) is 4.37 Å². The first-order valence-electron chi connectivity index (χ1n) is 3.96. The van der Waals surface area contributed by atoms with Crippen LogP contribution in [0.3, 0.4) is 0 Å². The van der Waals surface area contributed by atoms with Gasteiger partial charge in [0.1, 0.15) is 0 Å². The Hall–Kier alpha value is -0.370. The normalized spacial score (nSPS) is 11.9. The molecule has 0 aliphatic rings. The van der Waals surface area contributed by atoms with Crippen LogP contribution in [0, 0.1) is 5.41 Å². The van der Waals surface area contributed by atoms with Crippen LogP contribution < -0.4 is 0 Å². The van der Waals surface area contributed by atoms with E-state index in [1.807, 2.05) is 6.20 Å². The van der Waals surface area contributed by atoms with E-state index in [0.29, 0.717) is 5.41 Å². The van der Waals surface area contributed by atoms with Gasteiger partial charge in [0.25, 0.3) is 0 Å². The topological polar surface area (TPSA) is 12.9 Å². The maximum atomic E-state index is 4.06. The molecule has 0 radical (unpaired) electrons. The largest absolute Gasteiger partial charge is 0.201 e. The Bertz CT molecular complexity index is 196. The van der Waals surface area contributed by atoms with E-state index in [1.165, 1.54) is 18.4 Å².